The maximum absolute atomic E-state index is 13.1. The number of aromatic nitrogens is 2. The van der Waals surface area contributed by atoms with Crippen LogP contribution in [0.25, 0.3) is 5.65 Å². The fourth-order valence-electron chi connectivity index (χ4n) is 3.81. The highest BCUT2D eigenvalue weighted by atomic mass is 16.5. The van der Waals surface area contributed by atoms with Gasteiger partial charge in [-0.2, -0.15) is 0 Å². The van der Waals surface area contributed by atoms with Crippen LogP contribution in [-0.4, -0.2) is 71.0 Å². The van der Waals surface area contributed by atoms with Crippen molar-refractivity contribution in [2.75, 3.05) is 39.9 Å². The topological polar surface area (TPSA) is 67.2 Å². The van der Waals surface area contributed by atoms with E-state index in [9.17, 15) is 9.59 Å². The molecule has 7 heteroatoms. The maximum atomic E-state index is 13.1. The molecule has 2 bridgehead atoms. The van der Waals surface area contributed by atoms with Gasteiger partial charge in [0.2, 0.25) is 0 Å². The molecule has 2 aromatic rings. The second-order valence-corrected chi connectivity index (χ2v) is 7.04. The molecule has 25 heavy (non-hydrogen) atoms. The summed E-state index contributed by atoms with van der Waals surface area (Å²) in [7, 11) is 2.07. The summed E-state index contributed by atoms with van der Waals surface area (Å²) in [4.78, 5) is 34.3. The minimum atomic E-state index is -0.299. The number of hydrogen-bond acceptors (Lipinski definition) is 5. The molecule has 0 N–H and O–H groups in total. The zero-order valence-electron chi connectivity index (χ0n) is 14.5. The van der Waals surface area contributed by atoms with Crippen LogP contribution in [0.3, 0.4) is 0 Å². The van der Waals surface area contributed by atoms with E-state index < -0.39 is 0 Å². The summed E-state index contributed by atoms with van der Waals surface area (Å²) in [5.41, 5.74) is 1.16. The predicted octanol–water partition coefficient (Wildman–Crippen LogP) is 0.406. The maximum Gasteiger partial charge on any atom is 0.270 e. The number of carbonyl (C=O) groups is 1. The van der Waals surface area contributed by atoms with E-state index in [4.69, 9.17) is 4.74 Å². The van der Waals surface area contributed by atoms with E-state index in [1.54, 1.807) is 11.0 Å². The van der Waals surface area contributed by atoms with Crippen LogP contribution in [0.2, 0.25) is 0 Å². The summed E-state index contributed by atoms with van der Waals surface area (Å²) in [5, 5.41) is 0. The molecule has 4 rings (SSSR count). The Morgan fingerprint density at radius 3 is 2.92 bits per heavy atom. The molecular formula is C18H22N4O3. The summed E-state index contributed by atoms with van der Waals surface area (Å²) >= 11 is 0. The first-order chi connectivity index (χ1) is 12.0. The highest BCUT2D eigenvalue weighted by Gasteiger charge is 2.34. The van der Waals surface area contributed by atoms with E-state index in [-0.39, 0.29) is 29.0 Å². The summed E-state index contributed by atoms with van der Waals surface area (Å²) in [6.07, 6.45) is 1.42. The predicted molar refractivity (Wildman–Crippen MR) is 92.8 cm³/mol. The van der Waals surface area contributed by atoms with Crippen molar-refractivity contribution >= 4 is 11.6 Å². The third kappa shape index (κ3) is 2.83. The molecule has 4 heterocycles. The second-order valence-electron chi connectivity index (χ2n) is 7.04. The van der Waals surface area contributed by atoms with E-state index >= 15 is 0 Å². The van der Waals surface area contributed by atoms with Crippen LogP contribution in [0, 0.1) is 12.8 Å². The largest absolute Gasteiger partial charge is 0.379 e. The zero-order chi connectivity index (χ0) is 17.6. The number of hydrogen-bond donors (Lipinski definition) is 0. The highest BCUT2D eigenvalue weighted by Crippen LogP contribution is 2.19. The van der Waals surface area contributed by atoms with Gasteiger partial charge in [-0.3, -0.25) is 18.9 Å². The standard InChI is InChI=1S/C18H22N4O3/c1-12-4-3-5-16-19-6-15(18(24)22(12)16)17(23)21-8-13-7-20(2)14(9-21)11-25-10-13/h3-6,13-14H,7-11H2,1-2H3/t13-,14+/m1/s1. The Morgan fingerprint density at radius 1 is 1.24 bits per heavy atom. The molecule has 2 saturated heterocycles. The van der Waals surface area contributed by atoms with Gasteiger partial charge in [-0.15, -0.1) is 0 Å². The molecule has 7 nitrogen and oxygen atoms in total. The molecular weight excluding hydrogens is 320 g/mol. The molecule has 2 aliphatic rings. The van der Waals surface area contributed by atoms with Crippen molar-refractivity contribution in [2.45, 2.75) is 13.0 Å². The SMILES string of the molecule is Cc1cccc2ncc(C(=O)N3C[C@@H]4COC[C@H](C3)N(C)C4)c(=O)n12. The molecule has 0 radical (unpaired) electrons. The van der Waals surface area contributed by atoms with E-state index in [0.717, 1.165) is 12.2 Å². The van der Waals surface area contributed by atoms with Crippen LogP contribution in [0.1, 0.15) is 16.1 Å². The third-order valence-electron chi connectivity index (χ3n) is 5.18. The fraction of sp³-hybridized carbons (Fsp3) is 0.500. The van der Waals surface area contributed by atoms with Crippen molar-refractivity contribution in [3.8, 4) is 0 Å². The number of ether oxygens (including phenoxy) is 1. The van der Waals surface area contributed by atoms with E-state index in [1.165, 1.54) is 10.6 Å². The Bertz CT molecular complexity index is 878. The van der Waals surface area contributed by atoms with Crippen LogP contribution >= 0.6 is 0 Å². The average molecular weight is 342 g/mol. The monoisotopic (exact) mass is 342 g/mol. The summed E-state index contributed by atoms with van der Waals surface area (Å²) < 4.78 is 7.21. The first-order valence-electron chi connectivity index (χ1n) is 8.59. The van der Waals surface area contributed by atoms with Crippen LogP contribution < -0.4 is 5.56 Å². The summed E-state index contributed by atoms with van der Waals surface area (Å²) in [5.74, 6) is 0.0294. The van der Waals surface area contributed by atoms with Gasteiger partial charge < -0.3 is 9.64 Å². The van der Waals surface area contributed by atoms with Crippen molar-refractivity contribution in [1.29, 1.82) is 0 Å². The number of nitrogens with zero attached hydrogens (tertiary/aromatic N) is 4. The number of likely N-dealkylation sites (N-methyl/N-ethyl adjacent to an activating group) is 1. The number of fused-ring (bicyclic) bond motifs is 4. The van der Waals surface area contributed by atoms with Gasteiger partial charge in [0.25, 0.3) is 11.5 Å². The minimum Gasteiger partial charge on any atom is -0.379 e. The zero-order valence-corrected chi connectivity index (χ0v) is 14.5. The molecule has 2 atom stereocenters. The molecule has 2 aromatic heterocycles. The number of rotatable bonds is 1. The first-order valence-corrected chi connectivity index (χ1v) is 8.59. The van der Waals surface area contributed by atoms with Crippen LogP contribution in [0.4, 0.5) is 0 Å². The number of carbonyl (C=O) groups excluding carboxylic acids is 1. The average Bonchev–Trinajstić information content (AvgIpc) is 2.83. The van der Waals surface area contributed by atoms with Gasteiger partial charge in [0.1, 0.15) is 11.2 Å². The Labute approximate surface area is 145 Å². The van der Waals surface area contributed by atoms with Crippen molar-refractivity contribution in [3.63, 3.8) is 0 Å². The van der Waals surface area contributed by atoms with Gasteiger partial charge in [-0.1, -0.05) is 6.07 Å². The molecule has 0 aromatic carbocycles. The van der Waals surface area contributed by atoms with Gasteiger partial charge in [0.15, 0.2) is 0 Å². The molecule has 1 amide bonds. The Morgan fingerprint density at radius 2 is 2.08 bits per heavy atom. The number of pyridine rings is 1. The lowest BCUT2D eigenvalue weighted by Gasteiger charge is -2.29. The highest BCUT2D eigenvalue weighted by molar-refractivity contribution is 5.93. The lowest BCUT2D eigenvalue weighted by molar-refractivity contribution is 0.0432. The van der Waals surface area contributed by atoms with Gasteiger partial charge in [0.05, 0.1) is 19.3 Å². The smallest absolute Gasteiger partial charge is 0.270 e. The Kier molecular flexibility index (Phi) is 4.05. The van der Waals surface area contributed by atoms with Gasteiger partial charge in [-0.25, -0.2) is 4.98 Å². The molecule has 0 unspecified atom stereocenters. The fourth-order valence-corrected chi connectivity index (χ4v) is 3.81. The molecule has 0 spiro atoms. The molecule has 0 saturated carbocycles. The van der Waals surface area contributed by atoms with E-state index in [2.05, 4.69) is 16.9 Å². The molecule has 0 aliphatic carbocycles. The van der Waals surface area contributed by atoms with Crippen molar-refractivity contribution in [3.05, 3.63) is 46.0 Å². The molecule has 2 fully saturated rings. The van der Waals surface area contributed by atoms with Crippen molar-refractivity contribution in [1.82, 2.24) is 19.2 Å². The normalized spacial score (nSPS) is 24.3. The lowest BCUT2D eigenvalue weighted by atomic mass is 10.1. The third-order valence-corrected chi connectivity index (χ3v) is 5.18. The van der Waals surface area contributed by atoms with Crippen LogP contribution in [-0.2, 0) is 4.74 Å². The number of amides is 1. The Hall–Kier alpha value is -2.25. The summed E-state index contributed by atoms with van der Waals surface area (Å²) in [6.45, 7) is 5.19. The van der Waals surface area contributed by atoms with E-state index in [1.807, 2.05) is 19.1 Å². The van der Waals surface area contributed by atoms with E-state index in [0.29, 0.717) is 32.0 Å². The van der Waals surface area contributed by atoms with Crippen molar-refractivity contribution in [2.24, 2.45) is 5.92 Å². The molecule has 2 aliphatic heterocycles. The lowest BCUT2D eigenvalue weighted by Crippen LogP contribution is -2.46. The van der Waals surface area contributed by atoms with Gasteiger partial charge in [0, 0.05) is 37.4 Å². The van der Waals surface area contributed by atoms with Crippen molar-refractivity contribution < 1.29 is 9.53 Å². The number of aryl methyl sites for hydroxylation is 1. The van der Waals surface area contributed by atoms with Crippen LogP contribution in [0.5, 0.6) is 0 Å². The van der Waals surface area contributed by atoms with Crippen LogP contribution in [0.15, 0.2) is 29.2 Å². The second kappa shape index (κ2) is 6.24. The first kappa shape index (κ1) is 16.2. The Balaban J connectivity index is 1.72. The quantitative estimate of drug-likeness (QED) is 0.751. The minimum absolute atomic E-state index is 0.135. The summed E-state index contributed by atoms with van der Waals surface area (Å²) in [6, 6.07) is 5.62. The van der Waals surface area contributed by atoms with Gasteiger partial charge >= 0.3 is 0 Å². The molecule has 132 valence electrons. The van der Waals surface area contributed by atoms with Gasteiger partial charge in [-0.05, 0) is 26.1 Å².